The average molecular weight is 424 g/mol. The number of anilines is 1. The molecule has 1 saturated heterocycles. The summed E-state index contributed by atoms with van der Waals surface area (Å²) >= 11 is 0. The standard InChI is InChI=1S/C25H33N3O3/c1-28(2)25(18-8-4-3-5-9-18)14-12-19(13-15-25)27-21-10-6-7-11-23(21)31-20-16-22(24(29)30)26-17-20/h3-11,19-20,22,26-27H,12-17H2,1-2H3,(H,29,30)/t19?,20-,22-,25?/m0/s1. The van der Waals surface area contributed by atoms with Gasteiger partial charge in [-0.3, -0.25) is 9.69 Å². The Kier molecular flexibility index (Phi) is 6.49. The maximum absolute atomic E-state index is 11.2. The van der Waals surface area contributed by atoms with Crippen molar-refractivity contribution in [3.05, 3.63) is 60.2 Å². The number of carboxylic acid groups (broad SMARTS) is 1. The Morgan fingerprint density at radius 3 is 2.42 bits per heavy atom. The molecular formula is C25H33N3O3. The normalized spacial score (nSPS) is 28.4. The van der Waals surface area contributed by atoms with E-state index < -0.39 is 12.0 Å². The zero-order chi connectivity index (χ0) is 21.8. The highest BCUT2D eigenvalue weighted by atomic mass is 16.5. The van der Waals surface area contributed by atoms with Crippen LogP contribution in [0.15, 0.2) is 54.6 Å². The van der Waals surface area contributed by atoms with Gasteiger partial charge in [-0.1, -0.05) is 42.5 Å². The predicted octanol–water partition coefficient (Wildman–Crippen LogP) is 3.69. The quantitative estimate of drug-likeness (QED) is 0.631. The summed E-state index contributed by atoms with van der Waals surface area (Å²) in [6.07, 6.45) is 4.70. The summed E-state index contributed by atoms with van der Waals surface area (Å²) in [7, 11) is 4.37. The van der Waals surface area contributed by atoms with Gasteiger partial charge in [0.25, 0.3) is 0 Å². The van der Waals surface area contributed by atoms with Gasteiger partial charge >= 0.3 is 5.97 Å². The van der Waals surface area contributed by atoms with Crippen molar-refractivity contribution >= 4 is 11.7 Å². The van der Waals surface area contributed by atoms with Crippen LogP contribution in [0.4, 0.5) is 5.69 Å². The van der Waals surface area contributed by atoms with Crippen molar-refractivity contribution in [2.75, 3.05) is 26.0 Å². The van der Waals surface area contributed by atoms with Gasteiger partial charge in [0, 0.05) is 24.5 Å². The molecule has 0 amide bonds. The number of nitrogens with one attached hydrogen (secondary N) is 2. The topological polar surface area (TPSA) is 73.8 Å². The van der Waals surface area contributed by atoms with Gasteiger partial charge < -0.3 is 20.5 Å². The first kappa shape index (κ1) is 21.7. The third-order valence-corrected chi connectivity index (χ3v) is 6.91. The van der Waals surface area contributed by atoms with E-state index in [0.29, 0.717) is 19.0 Å². The number of nitrogens with zero attached hydrogens (tertiary/aromatic N) is 1. The number of carboxylic acids is 1. The fourth-order valence-corrected chi connectivity index (χ4v) is 5.05. The van der Waals surface area contributed by atoms with E-state index in [0.717, 1.165) is 37.1 Å². The smallest absolute Gasteiger partial charge is 0.320 e. The lowest BCUT2D eigenvalue weighted by atomic mass is 9.74. The van der Waals surface area contributed by atoms with E-state index in [1.165, 1.54) is 5.56 Å². The molecule has 1 saturated carbocycles. The Morgan fingerprint density at radius 1 is 1.10 bits per heavy atom. The zero-order valence-electron chi connectivity index (χ0n) is 18.4. The molecule has 0 unspecified atom stereocenters. The summed E-state index contributed by atoms with van der Waals surface area (Å²) in [5.41, 5.74) is 2.46. The van der Waals surface area contributed by atoms with Crippen LogP contribution in [0.25, 0.3) is 0 Å². The fraction of sp³-hybridized carbons (Fsp3) is 0.480. The molecule has 1 heterocycles. The second kappa shape index (κ2) is 9.28. The van der Waals surface area contributed by atoms with Crippen LogP contribution in [0.3, 0.4) is 0 Å². The molecule has 2 aliphatic rings. The Labute approximate surface area is 184 Å². The molecule has 6 heteroatoms. The van der Waals surface area contributed by atoms with Crippen LogP contribution < -0.4 is 15.4 Å². The van der Waals surface area contributed by atoms with E-state index in [-0.39, 0.29) is 11.6 Å². The monoisotopic (exact) mass is 423 g/mol. The Balaban J connectivity index is 1.41. The third-order valence-electron chi connectivity index (χ3n) is 6.91. The van der Waals surface area contributed by atoms with Crippen LogP contribution in [0.1, 0.15) is 37.7 Å². The van der Waals surface area contributed by atoms with Crippen LogP contribution in [0, 0.1) is 0 Å². The van der Waals surface area contributed by atoms with Crippen LogP contribution in [-0.4, -0.2) is 54.8 Å². The third kappa shape index (κ3) is 4.70. The number of hydrogen-bond acceptors (Lipinski definition) is 5. The highest BCUT2D eigenvalue weighted by Gasteiger charge is 2.39. The summed E-state index contributed by atoms with van der Waals surface area (Å²) in [6, 6.07) is 18.7. The first-order chi connectivity index (χ1) is 15.0. The highest BCUT2D eigenvalue weighted by Crippen LogP contribution is 2.42. The summed E-state index contributed by atoms with van der Waals surface area (Å²) in [4.78, 5) is 13.6. The largest absolute Gasteiger partial charge is 0.487 e. The van der Waals surface area contributed by atoms with E-state index in [9.17, 15) is 9.90 Å². The van der Waals surface area contributed by atoms with Crippen molar-refractivity contribution in [3.8, 4) is 5.75 Å². The molecule has 0 spiro atoms. The summed E-state index contributed by atoms with van der Waals surface area (Å²) in [5, 5.41) is 15.9. The van der Waals surface area contributed by atoms with E-state index in [2.05, 4.69) is 66.0 Å². The lowest BCUT2D eigenvalue weighted by molar-refractivity contribution is -0.139. The molecule has 31 heavy (non-hydrogen) atoms. The molecule has 6 nitrogen and oxygen atoms in total. The molecule has 2 atom stereocenters. The van der Waals surface area contributed by atoms with Crippen molar-refractivity contribution in [3.63, 3.8) is 0 Å². The number of para-hydroxylation sites is 2. The molecule has 2 fully saturated rings. The molecular weight excluding hydrogens is 390 g/mol. The number of carbonyl (C=O) groups is 1. The second-order valence-electron chi connectivity index (χ2n) is 8.98. The Bertz CT molecular complexity index is 879. The molecule has 0 bridgehead atoms. The van der Waals surface area contributed by atoms with E-state index in [1.807, 2.05) is 18.2 Å². The van der Waals surface area contributed by atoms with E-state index >= 15 is 0 Å². The van der Waals surface area contributed by atoms with Crippen molar-refractivity contribution in [2.24, 2.45) is 0 Å². The van der Waals surface area contributed by atoms with Gasteiger partial charge in [-0.15, -0.1) is 0 Å². The molecule has 2 aromatic carbocycles. The fourth-order valence-electron chi connectivity index (χ4n) is 5.05. The maximum atomic E-state index is 11.2. The zero-order valence-corrected chi connectivity index (χ0v) is 18.4. The summed E-state index contributed by atoms with van der Waals surface area (Å²) in [6.45, 7) is 0.553. The predicted molar refractivity (Wildman–Crippen MR) is 123 cm³/mol. The molecule has 4 rings (SSSR count). The van der Waals surface area contributed by atoms with Gasteiger partial charge in [-0.2, -0.15) is 0 Å². The second-order valence-corrected chi connectivity index (χ2v) is 8.98. The van der Waals surface area contributed by atoms with Crippen molar-refractivity contribution < 1.29 is 14.6 Å². The lowest BCUT2D eigenvalue weighted by Gasteiger charge is -2.46. The Morgan fingerprint density at radius 2 is 1.77 bits per heavy atom. The highest BCUT2D eigenvalue weighted by molar-refractivity contribution is 5.74. The average Bonchev–Trinajstić information content (AvgIpc) is 3.25. The first-order valence-corrected chi connectivity index (χ1v) is 11.2. The van der Waals surface area contributed by atoms with E-state index in [4.69, 9.17) is 4.74 Å². The van der Waals surface area contributed by atoms with Gasteiger partial charge in [-0.05, 0) is 57.5 Å². The number of benzene rings is 2. The number of ether oxygens (including phenoxy) is 1. The van der Waals surface area contributed by atoms with Crippen molar-refractivity contribution in [2.45, 2.75) is 55.8 Å². The first-order valence-electron chi connectivity index (χ1n) is 11.2. The summed E-state index contributed by atoms with van der Waals surface area (Å²) in [5.74, 6) is -0.0182. The minimum atomic E-state index is -0.817. The van der Waals surface area contributed by atoms with Gasteiger partial charge in [0.1, 0.15) is 17.9 Å². The van der Waals surface area contributed by atoms with Gasteiger partial charge in [-0.25, -0.2) is 0 Å². The number of hydrogen-bond donors (Lipinski definition) is 3. The van der Waals surface area contributed by atoms with Crippen LogP contribution in [0.2, 0.25) is 0 Å². The van der Waals surface area contributed by atoms with Crippen molar-refractivity contribution in [1.82, 2.24) is 10.2 Å². The van der Waals surface area contributed by atoms with Crippen LogP contribution in [0.5, 0.6) is 5.75 Å². The Hall–Kier alpha value is -2.57. The molecule has 2 aromatic rings. The molecule has 1 aliphatic carbocycles. The molecule has 0 radical (unpaired) electrons. The lowest BCUT2D eigenvalue weighted by Crippen LogP contribution is -2.46. The molecule has 3 N–H and O–H groups in total. The minimum absolute atomic E-state index is 0.0802. The van der Waals surface area contributed by atoms with Crippen LogP contribution >= 0.6 is 0 Å². The number of rotatable bonds is 7. The SMILES string of the molecule is CN(C)C1(c2ccccc2)CCC(Nc2ccccc2O[C@@H]2CN[C@H](C(=O)O)C2)CC1. The van der Waals surface area contributed by atoms with Crippen molar-refractivity contribution in [1.29, 1.82) is 0 Å². The maximum Gasteiger partial charge on any atom is 0.320 e. The molecule has 0 aromatic heterocycles. The van der Waals surface area contributed by atoms with Gasteiger partial charge in [0.2, 0.25) is 0 Å². The molecule has 1 aliphatic heterocycles. The van der Waals surface area contributed by atoms with Gasteiger partial charge in [0.05, 0.1) is 5.69 Å². The minimum Gasteiger partial charge on any atom is -0.487 e. The van der Waals surface area contributed by atoms with Crippen LogP contribution in [-0.2, 0) is 10.3 Å². The summed E-state index contributed by atoms with van der Waals surface area (Å²) < 4.78 is 6.18. The molecule has 166 valence electrons. The van der Waals surface area contributed by atoms with Gasteiger partial charge in [0.15, 0.2) is 0 Å². The van der Waals surface area contributed by atoms with E-state index in [1.54, 1.807) is 0 Å². The number of aliphatic carboxylic acids is 1.